The van der Waals surface area contributed by atoms with Crippen molar-refractivity contribution in [1.82, 2.24) is 0 Å². The highest BCUT2D eigenvalue weighted by atomic mass is 19.4. The molecule has 0 aliphatic heterocycles. The van der Waals surface area contributed by atoms with Crippen molar-refractivity contribution in [1.29, 1.82) is 5.26 Å². The molecule has 0 amide bonds. The van der Waals surface area contributed by atoms with Gasteiger partial charge in [-0.15, -0.1) is 6.58 Å². The Bertz CT molecular complexity index is 441. The molecule has 1 radical (unpaired) electrons. The third kappa shape index (κ3) is 2.25. The largest absolute Gasteiger partial charge is 0.417 e. The molecule has 0 aliphatic rings. The van der Waals surface area contributed by atoms with Gasteiger partial charge in [-0.2, -0.15) is 18.4 Å². The molecule has 0 aliphatic carbocycles. The zero-order chi connectivity index (χ0) is 12.3. The predicted molar refractivity (Wildman–Crippen MR) is 54.4 cm³/mol. The third-order valence-electron chi connectivity index (χ3n) is 2.20. The first-order chi connectivity index (χ1) is 7.41. The molecule has 0 N–H and O–H groups in total. The number of rotatable bonds is 2. The number of allylic oxidation sites excluding steroid dienone is 1. The van der Waals surface area contributed by atoms with Gasteiger partial charge in [0.25, 0.3) is 0 Å². The predicted octanol–water partition coefficient (Wildman–Crippen LogP) is 3.71. The molecule has 0 bridgehead atoms. The summed E-state index contributed by atoms with van der Waals surface area (Å²) >= 11 is 0. The number of halogens is 3. The Balaban J connectivity index is 3.51. The van der Waals surface area contributed by atoms with Crippen LogP contribution in [0.15, 0.2) is 30.9 Å². The smallest absolute Gasteiger partial charge is 0.192 e. The van der Waals surface area contributed by atoms with E-state index in [1.165, 1.54) is 25.1 Å². The molecule has 1 nitrogen and oxygen atoms in total. The van der Waals surface area contributed by atoms with E-state index >= 15 is 0 Å². The number of benzene rings is 1. The Morgan fingerprint density at radius 3 is 2.50 bits per heavy atom. The lowest BCUT2D eigenvalue weighted by Crippen LogP contribution is -2.13. The van der Waals surface area contributed by atoms with Gasteiger partial charge in [0.05, 0.1) is 17.2 Å². The molecule has 16 heavy (non-hydrogen) atoms. The average molecular weight is 224 g/mol. The summed E-state index contributed by atoms with van der Waals surface area (Å²) in [5, 5.41) is 8.68. The standard InChI is InChI=1S/C12H9F3N/c1-3-8(2)10-6-4-5-9(7-16)11(10)12(13,14)15/h3-6H,1H2,2H3. The summed E-state index contributed by atoms with van der Waals surface area (Å²) in [5.74, 6) is 0.393. The summed E-state index contributed by atoms with van der Waals surface area (Å²) in [6.07, 6.45) is -3.20. The number of hydrogen-bond acceptors (Lipinski definition) is 1. The fourth-order valence-electron chi connectivity index (χ4n) is 1.39. The van der Waals surface area contributed by atoms with Crippen LogP contribution in [-0.4, -0.2) is 0 Å². The zero-order valence-electron chi connectivity index (χ0n) is 8.60. The van der Waals surface area contributed by atoms with Crippen LogP contribution in [0.5, 0.6) is 0 Å². The Morgan fingerprint density at radius 1 is 1.44 bits per heavy atom. The van der Waals surface area contributed by atoms with Crippen LogP contribution < -0.4 is 0 Å². The van der Waals surface area contributed by atoms with Crippen LogP contribution in [0, 0.1) is 17.2 Å². The molecule has 1 aromatic rings. The van der Waals surface area contributed by atoms with E-state index in [1.807, 2.05) is 0 Å². The highest BCUT2D eigenvalue weighted by Gasteiger charge is 2.36. The maximum Gasteiger partial charge on any atom is 0.417 e. The third-order valence-corrected chi connectivity index (χ3v) is 2.20. The van der Waals surface area contributed by atoms with Gasteiger partial charge in [-0.3, -0.25) is 0 Å². The summed E-state index contributed by atoms with van der Waals surface area (Å²) < 4.78 is 38.4. The van der Waals surface area contributed by atoms with Crippen LogP contribution in [-0.2, 0) is 6.18 Å². The summed E-state index contributed by atoms with van der Waals surface area (Å²) in [5.41, 5.74) is -1.26. The Hall–Kier alpha value is -1.76. The van der Waals surface area contributed by atoms with Crippen molar-refractivity contribution >= 4 is 0 Å². The van der Waals surface area contributed by atoms with Crippen LogP contribution in [0.3, 0.4) is 0 Å². The Labute approximate surface area is 91.8 Å². The summed E-state index contributed by atoms with van der Waals surface area (Å²) in [6, 6.07) is 5.47. The molecule has 4 heteroatoms. The van der Waals surface area contributed by atoms with Gasteiger partial charge in [0.2, 0.25) is 0 Å². The molecular formula is C12H9F3N. The summed E-state index contributed by atoms with van der Waals surface area (Å²) in [7, 11) is 0. The van der Waals surface area contributed by atoms with Crippen LogP contribution in [0.1, 0.15) is 23.6 Å². The van der Waals surface area contributed by atoms with E-state index in [4.69, 9.17) is 5.26 Å². The summed E-state index contributed by atoms with van der Waals surface area (Å²) in [6.45, 7) is 4.95. The van der Waals surface area contributed by atoms with Gasteiger partial charge in [-0.05, 0) is 11.6 Å². The number of alkyl halides is 3. The Morgan fingerprint density at radius 2 is 2.06 bits per heavy atom. The second-order valence-corrected chi connectivity index (χ2v) is 3.22. The van der Waals surface area contributed by atoms with Crippen molar-refractivity contribution < 1.29 is 13.2 Å². The monoisotopic (exact) mass is 224 g/mol. The van der Waals surface area contributed by atoms with E-state index in [1.54, 1.807) is 6.07 Å². The minimum atomic E-state index is -4.54. The van der Waals surface area contributed by atoms with Crippen molar-refractivity contribution in [3.63, 3.8) is 0 Å². The van der Waals surface area contributed by atoms with Gasteiger partial charge in [-0.25, -0.2) is 0 Å². The number of hydrogen-bond donors (Lipinski definition) is 0. The molecule has 0 aromatic heterocycles. The molecule has 0 saturated carbocycles. The van der Waals surface area contributed by atoms with E-state index < -0.39 is 11.7 Å². The van der Waals surface area contributed by atoms with Crippen LogP contribution in [0.4, 0.5) is 13.2 Å². The lowest BCUT2D eigenvalue weighted by atomic mass is 9.92. The van der Waals surface area contributed by atoms with Gasteiger partial charge in [0, 0.05) is 5.92 Å². The SMILES string of the molecule is C=C[C](C)c1cccc(C#N)c1C(F)(F)F. The van der Waals surface area contributed by atoms with Crippen molar-refractivity contribution in [2.75, 3.05) is 0 Å². The molecule has 0 fully saturated rings. The maximum atomic E-state index is 12.8. The van der Waals surface area contributed by atoms with Crippen LogP contribution >= 0.6 is 0 Å². The van der Waals surface area contributed by atoms with Gasteiger partial charge in [0.15, 0.2) is 0 Å². The van der Waals surface area contributed by atoms with E-state index in [9.17, 15) is 13.2 Å². The number of nitriles is 1. The highest BCUT2D eigenvalue weighted by Crippen LogP contribution is 2.37. The molecule has 1 aromatic carbocycles. The first-order valence-electron chi connectivity index (χ1n) is 4.48. The maximum absolute atomic E-state index is 12.8. The Kier molecular flexibility index (Phi) is 3.38. The first kappa shape index (κ1) is 12.3. The van der Waals surface area contributed by atoms with E-state index in [0.717, 1.165) is 6.07 Å². The first-order valence-corrected chi connectivity index (χ1v) is 4.48. The minimum absolute atomic E-state index is 0.00144. The minimum Gasteiger partial charge on any atom is -0.192 e. The van der Waals surface area contributed by atoms with Crippen molar-refractivity contribution in [2.24, 2.45) is 0 Å². The lowest BCUT2D eigenvalue weighted by molar-refractivity contribution is -0.138. The molecule has 0 saturated heterocycles. The zero-order valence-corrected chi connectivity index (χ0v) is 8.60. The van der Waals surface area contributed by atoms with Crippen LogP contribution in [0.2, 0.25) is 0 Å². The fraction of sp³-hybridized carbons (Fsp3) is 0.167. The molecule has 0 atom stereocenters. The molecule has 0 spiro atoms. The second kappa shape index (κ2) is 4.40. The van der Waals surface area contributed by atoms with Crippen molar-refractivity contribution in [3.05, 3.63) is 53.5 Å². The second-order valence-electron chi connectivity index (χ2n) is 3.22. The van der Waals surface area contributed by atoms with E-state index in [0.29, 0.717) is 5.92 Å². The van der Waals surface area contributed by atoms with Crippen molar-refractivity contribution in [3.8, 4) is 6.07 Å². The quantitative estimate of drug-likeness (QED) is 0.751. The molecule has 0 heterocycles. The van der Waals surface area contributed by atoms with Crippen molar-refractivity contribution in [2.45, 2.75) is 13.1 Å². The van der Waals surface area contributed by atoms with E-state index in [-0.39, 0.29) is 11.1 Å². The highest BCUT2D eigenvalue weighted by molar-refractivity contribution is 5.51. The van der Waals surface area contributed by atoms with Gasteiger partial charge >= 0.3 is 6.18 Å². The van der Waals surface area contributed by atoms with Crippen LogP contribution in [0.25, 0.3) is 0 Å². The molecule has 83 valence electrons. The summed E-state index contributed by atoms with van der Waals surface area (Å²) in [4.78, 5) is 0. The van der Waals surface area contributed by atoms with Gasteiger partial charge in [-0.1, -0.05) is 25.1 Å². The molecule has 1 rings (SSSR count). The number of nitrogens with zero attached hydrogens (tertiary/aromatic N) is 1. The molecular weight excluding hydrogens is 215 g/mol. The lowest BCUT2D eigenvalue weighted by Gasteiger charge is -2.16. The normalized spacial score (nSPS) is 11.2. The average Bonchev–Trinajstić information content (AvgIpc) is 2.25. The van der Waals surface area contributed by atoms with Gasteiger partial charge < -0.3 is 0 Å². The topological polar surface area (TPSA) is 23.8 Å². The molecule has 0 unspecified atom stereocenters. The van der Waals surface area contributed by atoms with Gasteiger partial charge in [0.1, 0.15) is 0 Å². The van der Waals surface area contributed by atoms with E-state index in [2.05, 4.69) is 6.58 Å². The fourth-order valence-corrected chi connectivity index (χ4v) is 1.39.